The molecule has 0 saturated carbocycles. The van der Waals surface area contributed by atoms with Gasteiger partial charge in [0.15, 0.2) is 6.10 Å². The fourth-order valence-electron chi connectivity index (χ4n) is 8.80. The van der Waals surface area contributed by atoms with Crippen LogP contribution in [0.15, 0.2) is 0 Å². The van der Waals surface area contributed by atoms with Crippen molar-refractivity contribution in [2.24, 2.45) is 0 Å². The lowest BCUT2D eigenvalue weighted by molar-refractivity contribution is -0.167. The van der Waals surface area contributed by atoms with Gasteiger partial charge >= 0.3 is 17.9 Å². The maximum atomic E-state index is 12.8. The van der Waals surface area contributed by atoms with E-state index in [-0.39, 0.29) is 31.1 Å². The van der Waals surface area contributed by atoms with Crippen LogP contribution in [0.3, 0.4) is 0 Å². The standard InChI is InChI=1S/C57H110O6/c1-4-7-10-13-16-19-22-24-25-26-27-28-29-30-31-33-36-39-42-45-48-51-57(60)63-54(52-61-55(58)49-46-43-40-37-34-21-18-15-12-9-6-3)53-62-56(59)50-47-44-41-38-35-32-23-20-17-14-11-8-5-2/h54H,4-53H2,1-3H3/t54-/m0/s1. The van der Waals surface area contributed by atoms with Crippen LogP contribution >= 0.6 is 0 Å². The monoisotopic (exact) mass is 891 g/mol. The summed E-state index contributed by atoms with van der Waals surface area (Å²) in [6.45, 7) is 6.69. The minimum atomic E-state index is -0.760. The predicted molar refractivity (Wildman–Crippen MR) is 270 cm³/mol. The summed E-state index contributed by atoms with van der Waals surface area (Å²) >= 11 is 0. The SMILES string of the molecule is CCCCCCCCCCCCCCCCCCCCCCCC(=O)O[C@@H](COC(=O)CCCCCCCCCCCCC)COC(=O)CCCCCCCCCCCCCCC. The Bertz CT molecular complexity index is 936. The van der Waals surface area contributed by atoms with Crippen molar-refractivity contribution in [3.63, 3.8) is 0 Å². The van der Waals surface area contributed by atoms with Crippen LogP contribution in [0.2, 0.25) is 0 Å². The molecule has 0 saturated heterocycles. The summed E-state index contributed by atoms with van der Waals surface area (Å²) in [7, 11) is 0. The molecule has 0 heterocycles. The van der Waals surface area contributed by atoms with Crippen molar-refractivity contribution in [3.05, 3.63) is 0 Å². The number of unbranched alkanes of at least 4 members (excludes halogenated alkanes) is 42. The minimum absolute atomic E-state index is 0.0615. The summed E-state index contributed by atoms with van der Waals surface area (Å²) in [4.78, 5) is 38.0. The first kappa shape index (κ1) is 61.4. The van der Waals surface area contributed by atoms with E-state index in [1.54, 1.807) is 0 Å². The molecule has 0 aromatic heterocycles. The molecule has 63 heavy (non-hydrogen) atoms. The second-order valence-corrected chi connectivity index (χ2v) is 19.6. The summed E-state index contributed by atoms with van der Waals surface area (Å²) in [5.41, 5.74) is 0. The molecule has 0 N–H and O–H groups in total. The molecular formula is C57H110O6. The van der Waals surface area contributed by atoms with Gasteiger partial charge in [0.2, 0.25) is 0 Å². The summed E-state index contributed by atoms with van der Waals surface area (Å²) in [5.74, 6) is -0.836. The Kier molecular flexibility index (Phi) is 51.7. The van der Waals surface area contributed by atoms with E-state index in [1.807, 2.05) is 0 Å². The second kappa shape index (κ2) is 53.0. The third-order valence-corrected chi connectivity index (χ3v) is 13.1. The third-order valence-electron chi connectivity index (χ3n) is 13.1. The van der Waals surface area contributed by atoms with Crippen molar-refractivity contribution in [2.45, 2.75) is 335 Å². The Morgan fingerprint density at radius 1 is 0.254 bits per heavy atom. The first-order valence-electron chi connectivity index (χ1n) is 28.5. The summed E-state index contributed by atoms with van der Waals surface area (Å²) in [5, 5.41) is 0. The average molecular weight is 892 g/mol. The van der Waals surface area contributed by atoms with Crippen molar-refractivity contribution < 1.29 is 28.6 Å². The molecule has 0 bridgehead atoms. The molecule has 6 heteroatoms. The average Bonchev–Trinajstić information content (AvgIpc) is 3.28. The Morgan fingerprint density at radius 2 is 0.429 bits per heavy atom. The Hall–Kier alpha value is -1.59. The minimum Gasteiger partial charge on any atom is -0.462 e. The van der Waals surface area contributed by atoms with Crippen LogP contribution in [0.5, 0.6) is 0 Å². The van der Waals surface area contributed by atoms with Crippen LogP contribution in [-0.2, 0) is 28.6 Å². The van der Waals surface area contributed by atoms with Gasteiger partial charge < -0.3 is 14.2 Å². The number of ether oxygens (including phenoxy) is 3. The normalized spacial score (nSPS) is 11.9. The van der Waals surface area contributed by atoms with Gasteiger partial charge in [-0.15, -0.1) is 0 Å². The highest BCUT2D eigenvalue weighted by Gasteiger charge is 2.19. The van der Waals surface area contributed by atoms with E-state index in [9.17, 15) is 14.4 Å². The Morgan fingerprint density at radius 3 is 0.635 bits per heavy atom. The molecule has 0 unspecified atom stereocenters. The molecule has 0 aliphatic carbocycles. The molecule has 374 valence electrons. The fourth-order valence-corrected chi connectivity index (χ4v) is 8.80. The van der Waals surface area contributed by atoms with Gasteiger partial charge in [-0.1, -0.05) is 290 Å². The quantitative estimate of drug-likeness (QED) is 0.0344. The van der Waals surface area contributed by atoms with Gasteiger partial charge in [-0.2, -0.15) is 0 Å². The molecular weight excluding hydrogens is 781 g/mol. The first-order valence-corrected chi connectivity index (χ1v) is 28.5. The Balaban J connectivity index is 4.22. The second-order valence-electron chi connectivity index (χ2n) is 19.6. The molecule has 0 aliphatic rings. The lowest BCUT2D eigenvalue weighted by Crippen LogP contribution is -2.30. The van der Waals surface area contributed by atoms with Gasteiger partial charge in [0.05, 0.1) is 0 Å². The number of rotatable bonds is 53. The predicted octanol–water partition coefficient (Wildman–Crippen LogP) is 18.8. The van der Waals surface area contributed by atoms with Crippen molar-refractivity contribution in [2.75, 3.05) is 13.2 Å². The molecule has 0 amide bonds. The van der Waals surface area contributed by atoms with Gasteiger partial charge in [0, 0.05) is 19.3 Å². The van der Waals surface area contributed by atoms with Gasteiger partial charge in [-0.05, 0) is 19.3 Å². The van der Waals surface area contributed by atoms with Crippen molar-refractivity contribution >= 4 is 17.9 Å². The van der Waals surface area contributed by atoms with Crippen LogP contribution in [0.25, 0.3) is 0 Å². The zero-order valence-corrected chi connectivity index (χ0v) is 42.9. The van der Waals surface area contributed by atoms with Crippen LogP contribution in [0.4, 0.5) is 0 Å². The highest BCUT2D eigenvalue weighted by atomic mass is 16.6. The van der Waals surface area contributed by atoms with Crippen LogP contribution in [-0.4, -0.2) is 37.2 Å². The Labute approximate surface area is 393 Å². The molecule has 1 atom stereocenters. The largest absolute Gasteiger partial charge is 0.462 e. The number of carbonyl (C=O) groups is 3. The maximum Gasteiger partial charge on any atom is 0.306 e. The van der Waals surface area contributed by atoms with E-state index in [4.69, 9.17) is 14.2 Å². The molecule has 0 spiro atoms. The zero-order valence-electron chi connectivity index (χ0n) is 42.9. The van der Waals surface area contributed by atoms with E-state index in [0.29, 0.717) is 19.3 Å². The molecule has 0 aromatic rings. The van der Waals surface area contributed by atoms with Gasteiger partial charge in [0.1, 0.15) is 13.2 Å². The van der Waals surface area contributed by atoms with Gasteiger partial charge in [-0.25, -0.2) is 0 Å². The first-order chi connectivity index (χ1) is 31.0. The van der Waals surface area contributed by atoms with Gasteiger partial charge in [-0.3, -0.25) is 14.4 Å². The number of hydrogen-bond acceptors (Lipinski definition) is 6. The van der Waals surface area contributed by atoms with Crippen LogP contribution < -0.4 is 0 Å². The van der Waals surface area contributed by atoms with Gasteiger partial charge in [0.25, 0.3) is 0 Å². The van der Waals surface area contributed by atoms with Crippen LogP contribution in [0.1, 0.15) is 329 Å². The van der Waals surface area contributed by atoms with E-state index in [0.717, 1.165) is 57.8 Å². The summed E-state index contributed by atoms with van der Waals surface area (Å²) in [6, 6.07) is 0. The van der Waals surface area contributed by atoms with E-state index < -0.39 is 6.10 Å². The van der Waals surface area contributed by atoms with E-state index in [2.05, 4.69) is 20.8 Å². The number of esters is 3. The highest BCUT2D eigenvalue weighted by molar-refractivity contribution is 5.71. The molecule has 0 rings (SSSR count). The molecule has 0 aromatic carbocycles. The van der Waals surface area contributed by atoms with E-state index in [1.165, 1.54) is 231 Å². The number of carbonyl (C=O) groups excluding carboxylic acids is 3. The van der Waals surface area contributed by atoms with Crippen LogP contribution in [0, 0.1) is 0 Å². The lowest BCUT2D eigenvalue weighted by Gasteiger charge is -2.18. The summed E-state index contributed by atoms with van der Waals surface area (Å²) in [6.07, 6.45) is 58.1. The topological polar surface area (TPSA) is 78.9 Å². The summed E-state index contributed by atoms with van der Waals surface area (Å²) < 4.78 is 16.8. The smallest absolute Gasteiger partial charge is 0.306 e. The van der Waals surface area contributed by atoms with Crippen molar-refractivity contribution in [3.8, 4) is 0 Å². The lowest BCUT2D eigenvalue weighted by atomic mass is 10.0. The third kappa shape index (κ3) is 51.3. The maximum absolute atomic E-state index is 12.8. The van der Waals surface area contributed by atoms with E-state index >= 15 is 0 Å². The molecule has 0 aliphatic heterocycles. The number of hydrogen-bond donors (Lipinski definition) is 0. The molecule has 0 fully saturated rings. The van der Waals surface area contributed by atoms with Crippen molar-refractivity contribution in [1.82, 2.24) is 0 Å². The fraction of sp³-hybridized carbons (Fsp3) is 0.947. The molecule has 6 nitrogen and oxygen atoms in total. The zero-order chi connectivity index (χ0) is 45.8. The van der Waals surface area contributed by atoms with Crippen molar-refractivity contribution in [1.29, 1.82) is 0 Å². The highest BCUT2D eigenvalue weighted by Crippen LogP contribution is 2.18. The molecule has 0 radical (unpaired) electrons.